The van der Waals surface area contributed by atoms with E-state index in [1.807, 2.05) is 5.32 Å². The summed E-state index contributed by atoms with van der Waals surface area (Å²) < 4.78 is 5.25. The summed E-state index contributed by atoms with van der Waals surface area (Å²) in [5, 5.41) is 1.86. The summed E-state index contributed by atoms with van der Waals surface area (Å²) in [4.78, 5) is 33.2. The van der Waals surface area contributed by atoms with Crippen LogP contribution in [0.1, 0.15) is 17.3 Å². The summed E-state index contributed by atoms with van der Waals surface area (Å²) >= 11 is 0. The van der Waals surface area contributed by atoms with E-state index in [0.717, 1.165) is 0 Å². The van der Waals surface area contributed by atoms with Gasteiger partial charge >= 0.3 is 6.03 Å². The standard InChI is InChI=1S/C11H14N4O4/c1-5(10(17)15-11(14)18)19-8-3-2-6(12)4-7(8)9(13)16/h2-5H,12H2,1H3,(H2,13,16)(H3,14,15,17,18). The summed E-state index contributed by atoms with van der Waals surface area (Å²) in [6, 6.07) is 3.23. The number of urea groups is 1. The van der Waals surface area contributed by atoms with Gasteiger partial charge in [-0.25, -0.2) is 4.79 Å². The van der Waals surface area contributed by atoms with Gasteiger partial charge in [0.15, 0.2) is 6.10 Å². The van der Waals surface area contributed by atoms with Crippen LogP contribution in [0.2, 0.25) is 0 Å². The van der Waals surface area contributed by atoms with Crippen LogP contribution in [-0.2, 0) is 4.79 Å². The van der Waals surface area contributed by atoms with E-state index in [2.05, 4.69) is 0 Å². The molecule has 0 saturated carbocycles. The van der Waals surface area contributed by atoms with Crippen LogP contribution in [-0.4, -0.2) is 23.9 Å². The van der Waals surface area contributed by atoms with Crippen molar-refractivity contribution < 1.29 is 19.1 Å². The zero-order valence-corrected chi connectivity index (χ0v) is 10.2. The van der Waals surface area contributed by atoms with Crippen molar-refractivity contribution in [1.29, 1.82) is 0 Å². The molecular weight excluding hydrogens is 252 g/mol. The lowest BCUT2D eigenvalue weighted by Crippen LogP contribution is -2.42. The van der Waals surface area contributed by atoms with Crippen LogP contribution in [0.3, 0.4) is 0 Å². The quantitative estimate of drug-likeness (QED) is 0.533. The molecular formula is C11H14N4O4. The van der Waals surface area contributed by atoms with Gasteiger partial charge in [-0.2, -0.15) is 0 Å². The molecule has 8 nitrogen and oxygen atoms in total. The van der Waals surface area contributed by atoms with E-state index in [9.17, 15) is 14.4 Å². The number of nitrogens with one attached hydrogen (secondary N) is 1. The van der Waals surface area contributed by atoms with Crippen molar-refractivity contribution >= 4 is 23.5 Å². The Balaban J connectivity index is 2.90. The fourth-order valence-corrected chi connectivity index (χ4v) is 1.31. The summed E-state index contributed by atoms with van der Waals surface area (Å²) in [6.45, 7) is 1.39. The zero-order valence-electron chi connectivity index (χ0n) is 10.2. The molecule has 1 unspecified atom stereocenters. The Hall–Kier alpha value is -2.77. The van der Waals surface area contributed by atoms with E-state index < -0.39 is 23.9 Å². The number of primary amides is 2. The highest BCUT2D eigenvalue weighted by Gasteiger charge is 2.19. The minimum absolute atomic E-state index is 0.0405. The maximum absolute atomic E-state index is 11.4. The Labute approximate surface area is 108 Å². The average molecular weight is 266 g/mol. The van der Waals surface area contributed by atoms with Crippen molar-refractivity contribution in [3.8, 4) is 5.75 Å². The van der Waals surface area contributed by atoms with E-state index in [1.165, 1.54) is 25.1 Å². The van der Waals surface area contributed by atoms with Gasteiger partial charge in [0.05, 0.1) is 5.56 Å². The average Bonchev–Trinajstić information content (AvgIpc) is 2.30. The molecule has 0 heterocycles. The molecule has 0 aliphatic rings. The lowest BCUT2D eigenvalue weighted by Gasteiger charge is -2.15. The minimum Gasteiger partial charge on any atom is -0.480 e. The number of nitrogens with two attached hydrogens (primary N) is 3. The van der Waals surface area contributed by atoms with Crippen LogP contribution in [0.25, 0.3) is 0 Å². The van der Waals surface area contributed by atoms with Gasteiger partial charge in [-0.15, -0.1) is 0 Å². The third kappa shape index (κ3) is 3.87. The van der Waals surface area contributed by atoms with Gasteiger partial charge in [0.25, 0.3) is 11.8 Å². The molecule has 102 valence electrons. The largest absolute Gasteiger partial charge is 0.480 e. The van der Waals surface area contributed by atoms with Crippen LogP contribution < -0.4 is 27.3 Å². The SMILES string of the molecule is CC(Oc1ccc(N)cc1C(N)=O)C(=O)NC(N)=O. The third-order valence-corrected chi connectivity index (χ3v) is 2.19. The Morgan fingerprint density at radius 3 is 2.42 bits per heavy atom. The van der Waals surface area contributed by atoms with Crippen molar-refractivity contribution in [2.45, 2.75) is 13.0 Å². The fourth-order valence-electron chi connectivity index (χ4n) is 1.31. The monoisotopic (exact) mass is 266 g/mol. The minimum atomic E-state index is -1.03. The number of rotatable bonds is 4. The highest BCUT2D eigenvalue weighted by atomic mass is 16.5. The number of nitrogen functional groups attached to an aromatic ring is 1. The molecule has 7 N–H and O–H groups in total. The van der Waals surface area contributed by atoms with Gasteiger partial charge in [-0.1, -0.05) is 0 Å². The second kappa shape index (κ2) is 5.71. The fraction of sp³-hybridized carbons (Fsp3) is 0.182. The first-order valence-electron chi connectivity index (χ1n) is 5.27. The van der Waals surface area contributed by atoms with E-state index in [-0.39, 0.29) is 11.3 Å². The van der Waals surface area contributed by atoms with Crippen molar-refractivity contribution in [2.75, 3.05) is 5.73 Å². The van der Waals surface area contributed by atoms with Gasteiger partial charge in [-0.05, 0) is 25.1 Å². The van der Waals surface area contributed by atoms with Gasteiger partial charge in [-0.3, -0.25) is 14.9 Å². The maximum atomic E-state index is 11.4. The van der Waals surface area contributed by atoms with Crippen molar-refractivity contribution in [3.63, 3.8) is 0 Å². The number of amides is 4. The summed E-state index contributed by atoms with van der Waals surface area (Å²) in [7, 11) is 0. The Bertz CT molecular complexity index is 529. The van der Waals surface area contributed by atoms with Crippen LogP contribution >= 0.6 is 0 Å². The Morgan fingerprint density at radius 1 is 1.26 bits per heavy atom. The van der Waals surface area contributed by atoms with Crippen LogP contribution in [0.4, 0.5) is 10.5 Å². The number of imide groups is 1. The van der Waals surface area contributed by atoms with Gasteiger partial charge in [0.2, 0.25) is 0 Å². The molecule has 1 aromatic carbocycles. The van der Waals surface area contributed by atoms with E-state index in [1.54, 1.807) is 0 Å². The highest BCUT2D eigenvalue weighted by molar-refractivity contribution is 5.97. The summed E-state index contributed by atoms with van der Waals surface area (Å²) in [5.74, 6) is -1.39. The van der Waals surface area contributed by atoms with Crippen LogP contribution in [0.15, 0.2) is 18.2 Å². The number of hydrogen-bond acceptors (Lipinski definition) is 5. The molecule has 8 heteroatoms. The van der Waals surface area contributed by atoms with E-state index in [4.69, 9.17) is 21.9 Å². The predicted octanol–water partition coefficient (Wildman–Crippen LogP) is -0.670. The number of benzene rings is 1. The summed E-state index contributed by atoms with van der Waals surface area (Å²) in [6.07, 6.45) is -1.03. The van der Waals surface area contributed by atoms with Crippen molar-refractivity contribution in [1.82, 2.24) is 5.32 Å². The molecule has 0 saturated heterocycles. The normalized spacial score (nSPS) is 11.4. The van der Waals surface area contributed by atoms with Gasteiger partial charge < -0.3 is 21.9 Å². The second-order valence-corrected chi connectivity index (χ2v) is 3.73. The lowest BCUT2D eigenvalue weighted by molar-refractivity contribution is -0.126. The van der Waals surface area contributed by atoms with Gasteiger partial charge in [0.1, 0.15) is 5.75 Å². The second-order valence-electron chi connectivity index (χ2n) is 3.73. The number of carbonyl (C=O) groups excluding carboxylic acids is 3. The first-order valence-corrected chi connectivity index (χ1v) is 5.27. The van der Waals surface area contributed by atoms with E-state index >= 15 is 0 Å². The molecule has 4 amide bonds. The first-order chi connectivity index (χ1) is 8.81. The smallest absolute Gasteiger partial charge is 0.318 e. The predicted molar refractivity (Wildman–Crippen MR) is 67.2 cm³/mol. The molecule has 0 bridgehead atoms. The topological polar surface area (TPSA) is 151 Å². The molecule has 19 heavy (non-hydrogen) atoms. The Morgan fingerprint density at radius 2 is 1.89 bits per heavy atom. The summed E-state index contributed by atoms with van der Waals surface area (Å²) in [5.41, 5.74) is 15.9. The Kier molecular flexibility index (Phi) is 4.30. The third-order valence-electron chi connectivity index (χ3n) is 2.19. The molecule has 1 atom stereocenters. The molecule has 0 aromatic heterocycles. The molecule has 1 aromatic rings. The lowest BCUT2D eigenvalue weighted by atomic mass is 10.1. The number of hydrogen-bond donors (Lipinski definition) is 4. The van der Waals surface area contributed by atoms with Gasteiger partial charge in [0, 0.05) is 5.69 Å². The van der Waals surface area contributed by atoms with E-state index in [0.29, 0.717) is 5.69 Å². The molecule has 0 aliphatic heterocycles. The molecule has 0 spiro atoms. The first kappa shape index (κ1) is 14.3. The molecule has 0 fully saturated rings. The number of ether oxygens (including phenoxy) is 1. The molecule has 1 rings (SSSR count). The van der Waals surface area contributed by atoms with Crippen molar-refractivity contribution in [2.24, 2.45) is 11.5 Å². The number of carbonyl (C=O) groups is 3. The zero-order chi connectivity index (χ0) is 14.6. The van der Waals surface area contributed by atoms with Crippen LogP contribution in [0.5, 0.6) is 5.75 Å². The maximum Gasteiger partial charge on any atom is 0.318 e. The number of anilines is 1. The van der Waals surface area contributed by atoms with Crippen molar-refractivity contribution in [3.05, 3.63) is 23.8 Å². The highest BCUT2D eigenvalue weighted by Crippen LogP contribution is 2.22. The van der Waals surface area contributed by atoms with Crippen LogP contribution in [0, 0.1) is 0 Å². The molecule has 0 aliphatic carbocycles. The molecule has 0 radical (unpaired) electrons.